The Hall–Kier alpha value is -0.540. The largest absolute Gasteiger partial charge is 0.455 e. The summed E-state index contributed by atoms with van der Waals surface area (Å²) in [6, 6.07) is 0. The van der Waals surface area contributed by atoms with Crippen LogP contribution < -0.4 is 0 Å². The van der Waals surface area contributed by atoms with Crippen LogP contribution in [0.25, 0.3) is 0 Å². The van der Waals surface area contributed by atoms with Crippen LogP contribution in [-0.4, -0.2) is 29.7 Å². The molecular formula is C7H11ClO3. The monoisotopic (exact) mass is 178 g/mol. The predicted octanol–water partition coefficient (Wildman–Crippen LogP) is 0.705. The molecule has 0 aliphatic heterocycles. The van der Waals surface area contributed by atoms with Crippen molar-refractivity contribution < 1.29 is 14.6 Å². The zero-order valence-corrected chi connectivity index (χ0v) is 7.10. The van der Waals surface area contributed by atoms with Crippen molar-refractivity contribution in [3.8, 4) is 0 Å². The Morgan fingerprint density at radius 1 is 1.82 bits per heavy atom. The Kier molecular flexibility index (Phi) is 4.90. The van der Waals surface area contributed by atoms with E-state index in [0.717, 1.165) is 0 Å². The van der Waals surface area contributed by atoms with Crippen LogP contribution in [0, 0.1) is 0 Å². The fourth-order valence-corrected chi connectivity index (χ4v) is 0.530. The third-order valence-corrected chi connectivity index (χ3v) is 1.34. The number of rotatable bonds is 4. The van der Waals surface area contributed by atoms with E-state index in [-0.39, 0.29) is 12.5 Å². The predicted molar refractivity (Wildman–Crippen MR) is 42.5 cm³/mol. The van der Waals surface area contributed by atoms with Gasteiger partial charge >= 0.3 is 5.97 Å². The lowest BCUT2D eigenvalue weighted by Gasteiger charge is -2.11. The highest BCUT2D eigenvalue weighted by molar-refractivity contribution is 6.18. The van der Waals surface area contributed by atoms with E-state index in [1.54, 1.807) is 0 Å². The average Bonchev–Trinajstić information content (AvgIpc) is 1.99. The summed E-state index contributed by atoms with van der Waals surface area (Å²) >= 11 is 5.35. The fourth-order valence-electron chi connectivity index (χ4n) is 0.370. The number of carbonyl (C=O) groups excluding carboxylic acids is 1. The Morgan fingerprint density at radius 2 is 2.36 bits per heavy atom. The Morgan fingerprint density at radius 3 is 2.64 bits per heavy atom. The number of halogens is 1. The molecule has 0 aliphatic rings. The summed E-state index contributed by atoms with van der Waals surface area (Å²) < 4.78 is 4.69. The molecule has 0 saturated heterocycles. The smallest absolute Gasteiger partial charge is 0.333 e. The number of esters is 1. The van der Waals surface area contributed by atoms with Crippen molar-refractivity contribution in [1.82, 2.24) is 0 Å². The lowest BCUT2D eigenvalue weighted by Crippen LogP contribution is -2.23. The summed E-state index contributed by atoms with van der Waals surface area (Å²) in [6.45, 7) is 4.65. The van der Waals surface area contributed by atoms with Gasteiger partial charge in [-0.1, -0.05) is 6.58 Å². The van der Waals surface area contributed by atoms with Crippen LogP contribution in [0.3, 0.4) is 0 Å². The minimum Gasteiger partial charge on any atom is -0.455 e. The lowest BCUT2D eigenvalue weighted by molar-refractivity contribution is -0.144. The number of aliphatic hydroxyl groups excluding tert-OH is 1. The van der Waals surface area contributed by atoms with E-state index >= 15 is 0 Å². The highest BCUT2D eigenvalue weighted by Gasteiger charge is 2.11. The molecule has 1 N–H and O–H groups in total. The van der Waals surface area contributed by atoms with Crippen LogP contribution in [0.15, 0.2) is 12.2 Å². The maximum absolute atomic E-state index is 10.8. The standard InChI is InChI=1S/C7H11ClO3/c1-5(2)7(10)11-6(3-8)4-9/h6,9H,1,3-4H2,2H3. The summed E-state index contributed by atoms with van der Waals surface area (Å²) in [6.07, 6.45) is -0.624. The first-order valence-corrected chi connectivity index (χ1v) is 3.68. The van der Waals surface area contributed by atoms with Crippen molar-refractivity contribution in [2.75, 3.05) is 12.5 Å². The zero-order valence-electron chi connectivity index (χ0n) is 6.34. The van der Waals surface area contributed by atoms with E-state index < -0.39 is 12.1 Å². The zero-order chi connectivity index (χ0) is 8.85. The van der Waals surface area contributed by atoms with Gasteiger partial charge in [0.05, 0.1) is 12.5 Å². The molecule has 0 aliphatic carbocycles. The van der Waals surface area contributed by atoms with Crippen LogP contribution >= 0.6 is 11.6 Å². The second-order valence-electron chi connectivity index (χ2n) is 2.14. The van der Waals surface area contributed by atoms with Gasteiger partial charge in [0, 0.05) is 5.57 Å². The maximum atomic E-state index is 10.8. The second-order valence-corrected chi connectivity index (χ2v) is 2.45. The fraction of sp³-hybridized carbons (Fsp3) is 0.571. The van der Waals surface area contributed by atoms with E-state index in [4.69, 9.17) is 16.7 Å². The summed E-state index contributed by atoms with van der Waals surface area (Å²) in [5.41, 5.74) is 0.300. The molecule has 1 unspecified atom stereocenters. The molecule has 3 nitrogen and oxygen atoms in total. The normalized spacial score (nSPS) is 12.3. The minimum absolute atomic E-state index is 0.0928. The molecule has 1 atom stereocenters. The maximum Gasteiger partial charge on any atom is 0.333 e. The number of aliphatic hydroxyl groups is 1. The van der Waals surface area contributed by atoms with E-state index in [9.17, 15) is 4.79 Å². The average molecular weight is 179 g/mol. The van der Waals surface area contributed by atoms with Gasteiger partial charge < -0.3 is 9.84 Å². The number of carbonyl (C=O) groups is 1. The minimum atomic E-state index is -0.624. The number of hydrogen-bond donors (Lipinski definition) is 1. The quantitative estimate of drug-likeness (QED) is 0.392. The lowest BCUT2D eigenvalue weighted by atomic mass is 10.3. The molecule has 0 radical (unpaired) electrons. The van der Waals surface area contributed by atoms with Crippen LogP contribution in [0.4, 0.5) is 0 Å². The second kappa shape index (κ2) is 5.16. The van der Waals surface area contributed by atoms with Crippen molar-refractivity contribution in [1.29, 1.82) is 0 Å². The van der Waals surface area contributed by atoms with Crippen molar-refractivity contribution in [3.05, 3.63) is 12.2 Å². The van der Waals surface area contributed by atoms with Crippen molar-refractivity contribution in [3.63, 3.8) is 0 Å². The first kappa shape index (κ1) is 10.5. The highest BCUT2D eigenvalue weighted by atomic mass is 35.5. The van der Waals surface area contributed by atoms with Crippen LogP contribution in [0.2, 0.25) is 0 Å². The molecule has 0 rings (SSSR count). The Labute approximate surface area is 70.6 Å². The Balaban J connectivity index is 3.81. The first-order chi connectivity index (χ1) is 5.11. The molecule has 0 aromatic rings. The highest BCUT2D eigenvalue weighted by Crippen LogP contribution is 1.99. The van der Waals surface area contributed by atoms with Crippen molar-refractivity contribution in [2.24, 2.45) is 0 Å². The SMILES string of the molecule is C=C(C)C(=O)OC(CO)CCl. The summed E-state index contributed by atoms with van der Waals surface area (Å²) in [4.78, 5) is 10.8. The third kappa shape index (κ3) is 4.01. The molecule has 0 saturated carbocycles. The van der Waals surface area contributed by atoms with Gasteiger partial charge in [-0.25, -0.2) is 4.79 Å². The van der Waals surface area contributed by atoms with Gasteiger partial charge in [0.25, 0.3) is 0 Å². The summed E-state index contributed by atoms with van der Waals surface area (Å²) in [5.74, 6) is -0.431. The molecule has 64 valence electrons. The van der Waals surface area contributed by atoms with Gasteiger partial charge in [-0.2, -0.15) is 0 Å². The molecule has 0 fully saturated rings. The molecule has 0 bridgehead atoms. The van der Waals surface area contributed by atoms with E-state index in [1.807, 2.05) is 0 Å². The van der Waals surface area contributed by atoms with Gasteiger partial charge in [-0.15, -0.1) is 11.6 Å². The van der Waals surface area contributed by atoms with E-state index in [2.05, 4.69) is 11.3 Å². The van der Waals surface area contributed by atoms with Crippen molar-refractivity contribution >= 4 is 17.6 Å². The van der Waals surface area contributed by atoms with Crippen molar-refractivity contribution in [2.45, 2.75) is 13.0 Å². The number of alkyl halides is 1. The van der Waals surface area contributed by atoms with E-state index in [1.165, 1.54) is 6.92 Å². The van der Waals surface area contributed by atoms with E-state index in [0.29, 0.717) is 5.57 Å². The number of hydrogen-bond acceptors (Lipinski definition) is 3. The Bertz CT molecular complexity index is 152. The van der Waals surface area contributed by atoms with Crippen LogP contribution in [0.1, 0.15) is 6.92 Å². The van der Waals surface area contributed by atoms with Crippen LogP contribution in [0.5, 0.6) is 0 Å². The number of ether oxygens (including phenoxy) is 1. The van der Waals surface area contributed by atoms with Crippen LogP contribution in [-0.2, 0) is 9.53 Å². The molecule has 11 heavy (non-hydrogen) atoms. The van der Waals surface area contributed by atoms with Gasteiger partial charge in [0.2, 0.25) is 0 Å². The molecule has 0 aromatic heterocycles. The van der Waals surface area contributed by atoms with Gasteiger partial charge in [-0.3, -0.25) is 0 Å². The van der Waals surface area contributed by atoms with Gasteiger partial charge in [0.1, 0.15) is 6.10 Å². The molecule has 4 heteroatoms. The molecule has 0 heterocycles. The molecule has 0 aromatic carbocycles. The molecule has 0 spiro atoms. The van der Waals surface area contributed by atoms with Gasteiger partial charge in [0.15, 0.2) is 0 Å². The third-order valence-electron chi connectivity index (χ3n) is 0.998. The first-order valence-electron chi connectivity index (χ1n) is 3.15. The summed E-state index contributed by atoms with van der Waals surface area (Å²) in [5, 5.41) is 8.57. The molecule has 0 amide bonds. The van der Waals surface area contributed by atoms with Gasteiger partial charge in [-0.05, 0) is 6.92 Å². The molecular weight excluding hydrogens is 168 g/mol. The topological polar surface area (TPSA) is 46.5 Å². The summed E-state index contributed by atoms with van der Waals surface area (Å²) in [7, 11) is 0.